The van der Waals surface area contributed by atoms with Crippen molar-refractivity contribution in [3.05, 3.63) is 0 Å². The van der Waals surface area contributed by atoms with Gasteiger partial charge in [-0.25, -0.2) is 0 Å². The molecule has 0 aromatic rings. The van der Waals surface area contributed by atoms with E-state index in [-0.39, 0.29) is 12.7 Å². The fourth-order valence-corrected chi connectivity index (χ4v) is 2.80. The van der Waals surface area contributed by atoms with Gasteiger partial charge in [-0.1, -0.05) is 69.6 Å². The van der Waals surface area contributed by atoms with E-state index in [1.54, 1.807) is 0 Å². The van der Waals surface area contributed by atoms with Gasteiger partial charge in [0.05, 0.1) is 19.8 Å². The molecule has 1 aliphatic rings. The van der Waals surface area contributed by atoms with Gasteiger partial charge in [-0.05, 0) is 0 Å². The number of alkyl halides is 8. The lowest BCUT2D eigenvalue weighted by molar-refractivity contribution is 0.106. The molecule has 1 heterocycles. The molecule has 0 N–H and O–H groups in total. The van der Waals surface area contributed by atoms with E-state index >= 15 is 0 Å². The Morgan fingerprint density at radius 3 is 2.00 bits per heavy atom. The molecule has 1 atom stereocenters. The van der Waals surface area contributed by atoms with Gasteiger partial charge < -0.3 is 9.47 Å². The van der Waals surface area contributed by atoms with Crippen LogP contribution in [0.1, 0.15) is 0 Å². The molecular weight excluding hydrogens is 412 g/mol. The smallest absolute Gasteiger partial charge is 0.188 e. The summed E-state index contributed by atoms with van der Waals surface area (Å²) in [5, 5.41) is 0. The minimum Gasteiger partial charge on any atom is -0.375 e. The van der Waals surface area contributed by atoms with Gasteiger partial charge in [0.1, 0.15) is 10.9 Å². The van der Waals surface area contributed by atoms with Crippen molar-refractivity contribution in [1.29, 1.82) is 0 Å². The Labute approximate surface area is 145 Å². The monoisotopic (exact) mass is 416 g/mol. The first-order chi connectivity index (χ1) is 8.02. The van der Waals surface area contributed by atoms with Crippen molar-refractivity contribution in [2.75, 3.05) is 19.8 Å². The van der Waals surface area contributed by atoms with Crippen molar-refractivity contribution in [3.63, 3.8) is 0 Å². The fraction of sp³-hybridized carbons (Fsp3) is 1.00. The highest BCUT2D eigenvalue weighted by atomic mass is 35.6. The molecule has 0 radical (unpaired) electrons. The molecule has 0 saturated carbocycles. The molecule has 1 fully saturated rings. The number of hydrogen-bond acceptors (Lipinski definition) is 2. The van der Waals surface area contributed by atoms with Crippen LogP contribution in [0.2, 0.25) is 0 Å². The van der Waals surface area contributed by atoms with Gasteiger partial charge in [-0.15, -0.1) is 23.2 Å². The van der Waals surface area contributed by atoms with Gasteiger partial charge >= 0.3 is 0 Å². The molecule has 1 aliphatic heterocycles. The van der Waals surface area contributed by atoms with Gasteiger partial charge in [-0.2, -0.15) is 0 Å². The van der Waals surface area contributed by atoms with Crippen molar-refractivity contribution in [2.24, 2.45) is 0 Å². The van der Waals surface area contributed by atoms with Crippen LogP contribution in [0.5, 0.6) is 0 Å². The summed E-state index contributed by atoms with van der Waals surface area (Å²) in [7, 11) is 0. The summed E-state index contributed by atoms with van der Waals surface area (Å²) in [5.74, 6) is 0. The third kappa shape index (κ3) is 4.13. The lowest BCUT2D eigenvalue weighted by Crippen LogP contribution is -2.55. The molecule has 1 saturated heterocycles. The Morgan fingerprint density at radius 2 is 1.61 bits per heavy atom. The summed E-state index contributed by atoms with van der Waals surface area (Å²) in [6, 6.07) is 0. The molecule has 10 heteroatoms. The van der Waals surface area contributed by atoms with Gasteiger partial charge in [0.15, 0.2) is 13.0 Å². The predicted molar refractivity (Wildman–Crippen MR) is 79.4 cm³/mol. The summed E-state index contributed by atoms with van der Waals surface area (Å²) in [6.07, 6.45) is 0.0414. The van der Waals surface area contributed by atoms with Crippen LogP contribution in [-0.2, 0) is 9.47 Å². The second kappa shape index (κ2) is 6.56. The number of hydrogen-bond donors (Lipinski definition) is 0. The molecule has 108 valence electrons. The summed E-state index contributed by atoms with van der Waals surface area (Å²) in [4.78, 5) is -1.31. The Bertz CT molecular complexity index is 289. The maximum absolute atomic E-state index is 6.01. The Balaban J connectivity index is 2.66. The lowest BCUT2D eigenvalue weighted by atomic mass is 10.2. The van der Waals surface area contributed by atoms with E-state index in [2.05, 4.69) is 0 Å². The van der Waals surface area contributed by atoms with Crippen LogP contribution in [-0.4, -0.2) is 43.8 Å². The molecule has 0 amide bonds. The van der Waals surface area contributed by atoms with E-state index < -0.39 is 17.8 Å². The Morgan fingerprint density at radius 1 is 1.11 bits per heavy atom. The average Bonchev–Trinajstić information content (AvgIpc) is 3.00. The zero-order chi connectivity index (χ0) is 14.2. The Kier molecular flexibility index (Phi) is 6.66. The minimum absolute atomic E-state index is 0.0414. The first-order valence-corrected chi connectivity index (χ1v) is 7.77. The molecule has 0 aromatic carbocycles. The van der Waals surface area contributed by atoms with Crippen LogP contribution in [0.4, 0.5) is 0 Å². The molecule has 1 rings (SSSR count). The SMILES string of the molecule is ClC(Cl)C(Cl)(Cl)C(Cl)(Cl)C(Cl)(Cl)COCC1CO1. The third-order valence-corrected chi connectivity index (χ3v) is 7.05. The normalized spacial score (nSPS) is 21.5. The molecule has 2 nitrogen and oxygen atoms in total. The van der Waals surface area contributed by atoms with Crippen LogP contribution >= 0.6 is 92.8 Å². The molecule has 18 heavy (non-hydrogen) atoms. The molecule has 0 bridgehead atoms. The zero-order valence-electron chi connectivity index (χ0n) is 8.62. The van der Waals surface area contributed by atoms with Gasteiger partial charge in [-0.3, -0.25) is 0 Å². The Hall–Kier alpha value is 2.24. The predicted octanol–water partition coefficient (Wildman–Crippen LogP) is 4.73. The van der Waals surface area contributed by atoms with E-state index in [0.717, 1.165) is 0 Å². The van der Waals surface area contributed by atoms with Gasteiger partial charge in [0, 0.05) is 0 Å². The van der Waals surface area contributed by atoms with Crippen molar-refractivity contribution in [3.8, 4) is 0 Å². The van der Waals surface area contributed by atoms with Crippen molar-refractivity contribution in [1.82, 2.24) is 0 Å². The van der Waals surface area contributed by atoms with Crippen LogP contribution < -0.4 is 0 Å². The van der Waals surface area contributed by atoms with Crippen LogP contribution in [0.15, 0.2) is 0 Å². The second-order valence-corrected chi connectivity index (χ2v) is 8.97. The number of rotatable bonds is 7. The fourth-order valence-electron chi connectivity index (χ4n) is 0.954. The number of epoxide rings is 1. The average molecular weight is 420 g/mol. The minimum atomic E-state index is -2.05. The molecular formula is C8H8Cl8O2. The van der Waals surface area contributed by atoms with E-state index in [4.69, 9.17) is 102 Å². The van der Waals surface area contributed by atoms with E-state index in [1.165, 1.54) is 0 Å². The van der Waals surface area contributed by atoms with E-state index in [0.29, 0.717) is 13.2 Å². The maximum Gasteiger partial charge on any atom is 0.188 e. The second-order valence-electron chi connectivity index (χ2n) is 3.67. The topological polar surface area (TPSA) is 21.8 Å². The first kappa shape index (κ1) is 18.3. The first-order valence-electron chi connectivity index (χ1n) is 4.63. The van der Waals surface area contributed by atoms with Crippen molar-refractivity contribution >= 4 is 92.8 Å². The quantitative estimate of drug-likeness (QED) is 0.440. The molecule has 0 aromatic heterocycles. The van der Waals surface area contributed by atoms with Crippen LogP contribution in [0.25, 0.3) is 0 Å². The van der Waals surface area contributed by atoms with Gasteiger partial charge in [0.25, 0.3) is 0 Å². The van der Waals surface area contributed by atoms with Gasteiger partial charge in [0.2, 0.25) is 0 Å². The summed E-state index contributed by atoms with van der Waals surface area (Å²) >= 11 is 47.0. The highest BCUT2D eigenvalue weighted by molar-refractivity contribution is 6.72. The van der Waals surface area contributed by atoms with E-state index in [1.807, 2.05) is 0 Å². The summed E-state index contributed by atoms with van der Waals surface area (Å²) in [5.41, 5.74) is 0. The number of ether oxygens (including phenoxy) is 2. The third-order valence-electron chi connectivity index (χ3n) is 2.14. The molecule has 0 spiro atoms. The standard InChI is InChI=1S/C8H8Cl8O2/c9-5(10)7(13,14)8(15,16)6(11,12)3-17-1-4-2-18-4/h4-5H,1-3H2. The highest BCUT2D eigenvalue weighted by Crippen LogP contribution is 2.57. The zero-order valence-corrected chi connectivity index (χ0v) is 14.7. The van der Waals surface area contributed by atoms with E-state index in [9.17, 15) is 0 Å². The number of halogens is 8. The van der Waals surface area contributed by atoms with Crippen molar-refractivity contribution in [2.45, 2.75) is 23.9 Å². The molecule has 1 unspecified atom stereocenters. The summed E-state index contributed by atoms with van der Waals surface area (Å²) in [6.45, 7) is 0.726. The molecule has 0 aliphatic carbocycles. The lowest BCUT2D eigenvalue weighted by Gasteiger charge is -2.41. The van der Waals surface area contributed by atoms with Crippen LogP contribution in [0.3, 0.4) is 0 Å². The maximum atomic E-state index is 6.01. The largest absolute Gasteiger partial charge is 0.375 e. The highest BCUT2D eigenvalue weighted by Gasteiger charge is 2.63. The van der Waals surface area contributed by atoms with Crippen molar-refractivity contribution < 1.29 is 9.47 Å². The summed E-state index contributed by atoms with van der Waals surface area (Å²) < 4.78 is 4.32. The van der Waals surface area contributed by atoms with Crippen LogP contribution in [0, 0.1) is 0 Å².